The molecule has 146 valence electrons. The second-order valence-electron chi connectivity index (χ2n) is 6.46. The first kappa shape index (κ1) is 19.3. The zero-order valence-electron chi connectivity index (χ0n) is 15.5. The van der Waals surface area contributed by atoms with Crippen LogP contribution in [0.15, 0.2) is 48.7 Å². The number of benzene rings is 2. The van der Waals surface area contributed by atoms with Crippen LogP contribution in [0, 0.1) is 5.82 Å². The van der Waals surface area contributed by atoms with Crippen LogP contribution in [-0.4, -0.2) is 28.2 Å². The number of hydrogen-bond donors (Lipinski definition) is 4. The van der Waals surface area contributed by atoms with Crippen LogP contribution in [0.1, 0.15) is 25.3 Å². The molecular formula is C20H22FN5O2. The summed E-state index contributed by atoms with van der Waals surface area (Å²) in [5, 5.41) is 15.9. The summed E-state index contributed by atoms with van der Waals surface area (Å²) < 4.78 is 12.9. The number of rotatable bonds is 7. The fourth-order valence-electron chi connectivity index (χ4n) is 2.80. The molecule has 0 radical (unpaired) electrons. The lowest BCUT2D eigenvalue weighted by Crippen LogP contribution is -2.47. The van der Waals surface area contributed by atoms with Crippen molar-refractivity contribution >= 4 is 28.5 Å². The van der Waals surface area contributed by atoms with E-state index in [-0.39, 0.29) is 18.3 Å². The van der Waals surface area contributed by atoms with Gasteiger partial charge in [-0.1, -0.05) is 25.5 Å². The zero-order chi connectivity index (χ0) is 19.9. The second kappa shape index (κ2) is 8.98. The predicted molar refractivity (Wildman–Crippen MR) is 105 cm³/mol. The lowest BCUT2D eigenvalue weighted by atomic mass is 10.1. The molecule has 0 saturated carbocycles. The minimum atomic E-state index is -0.671. The average molecular weight is 383 g/mol. The SMILES string of the molecule is CCC[C@H](NC(=O)NCc1ccc(F)cc1)C(=O)Nc1ccc2cn[nH]c2c1. The van der Waals surface area contributed by atoms with E-state index in [4.69, 9.17) is 0 Å². The molecule has 1 aromatic heterocycles. The smallest absolute Gasteiger partial charge is 0.315 e. The Kier molecular flexibility index (Phi) is 6.21. The number of fused-ring (bicyclic) bond motifs is 1. The van der Waals surface area contributed by atoms with Crippen molar-refractivity contribution in [2.24, 2.45) is 0 Å². The zero-order valence-corrected chi connectivity index (χ0v) is 15.5. The van der Waals surface area contributed by atoms with Crippen LogP contribution in [0.3, 0.4) is 0 Å². The Bertz CT molecular complexity index is 955. The van der Waals surface area contributed by atoms with Gasteiger partial charge in [-0.25, -0.2) is 9.18 Å². The Balaban J connectivity index is 1.57. The van der Waals surface area contributed by atoms with Crippen molar-refractivity contribution in [3.63, 3.8) is 0 Å². The second-order valence-corrected chi connectivity index (χ2v) is 6.46. The molecule has 3 amide bonds. The minimum absolute atomic E-state index is 0.239. The van der Waals surface area contributed by atoms with Crippen molar-refractivity contribution in [3.8, 4) is 0 Å². The van der Waals surface area contributed by atoms with E-state index in [9.17, 15) is 14.0 Å². The third-order valence-electron chi connectivity index (χ3n) is 4.27. The summed E-state index contributed by atoms with van der Waals surface area (Å²) in [6.07, 6.45) is 2.94. The Hall–Kier alpha value is -3.42. The molecule has 0 unspecified atom stereocenters. The van der Waals surface area contributed by atoms with Crippen LogP contribution in [0.25, 0.3) is 10.9 Å². The lowest BCUT2D eigenvalue weighted by molar-refractivity contribution is -0.118. The molecule has 4 N–H and O–H groups in total. The lowest BCUT2D eigenvalue weighted by Gasteiger charge is -2.18. The first-order valence-corrected chi connectivity index (χ1v) is 9.08. The fourth-order valence-corrected chi connectivity index (χ4v) is 2.80. The van der Waals surface area contributed by atoms with E-state index in [1.165, 1.54) is 12.1 Å². The van der Waals surface area contributed by atoms with Gasteiger partial charge >= 0.3 is 6.03 Å². The number of carbonyl (C=O) groups is 2. The first-order chi connectivity index (χ1) is 13.5. The molecule has 0 fully saturated rings. The van der Waals surface area contributed by atoms with E-state index in [0.717, 1.165) is 22.9 Å². The van der Waals surface area contributed by atoms with Crippen molar-refractivity contribution in [2.45, 2.75) is 32.4 Å². The molecule has 1 atom stereocenters. The number of aromatic nitrogens is 2. The summed E-state index contributed by atoms with van der Waals surface area (Å²) >= 11 is 0. The number of aromatic amines is 1. The van der Waals surface area contributed by atoms with E-state index < -0.39 is 12.1 Å². The van der Waals surface area contributed by atoms with Gasteiger partial charge in [0.15, 0.2) is 0 Å². The number of nitrogens with one attached hydrogen (secondary N) is 4. The molecule has 0 spiro atoms. The van der Waals surface area contributed by atoms with Crippen LogP contribution in [-0.2, 0) is 11.3 Å². The van der Waals surface area contributed by atoms with Crippen LogP contribution >= 0.6 is 0 Å². The van der Waals surface area contributed by atoms with Gasteiger partial charge in [-0.15, -0.1) is 0 Å². The van der Waals surface area contributed by atoms with Crippen LogP contribution in [0.5, 0.6) is 0 Å². The quantitative estimate of drug-likeness (QED) is 0.504. The molecular weight excluding hydrogens is 361 g/mol. The molecule has 8 heteroatoms. The Morgan fingerprint density at radius 3 is 2.71 bits per heavy atom. The summed E-state index contributed by atoms with van der Waals surface area (Å²) in [5.74, 6) is -0.626. The molecule has 28 heavy (non-hydrogen) atoms. The molecule has 0 aliphatic carbocycles. The monoisotopic (exact) mass is 383 g/mol. The normalized spacial score (nSPS) is 11.8. The van der Waals surface area contributed by atoms with Crippen LogP contribution in [0.2, 0.25) is 0 Å². The highest BCUT2D eigenvalue weighted by Gasteiger charge is 2.20. The van der Waals surface area contributed by atoms with Gasteiger partial charge in [-0.05, 0) is 42.3 Å². The topological polar surface area (TPSA) is 98.9 Å². The molecule has 0 saturated heterocycles. The molecule has 3 rings (SSSR count). The maximum Gasteiger partial charge on any atom is 0.315 e. The molecule has 0 aliphatic rings. The minimum Gasteiger partial charge on any atom is -0.334 e. The van der Waals surface area contributed by atoms with Gasteiger partial charge in [0.1, 0.15) is 11.9 Å². The number of anilines is 1. The van der Waals surface area contributed by atoms with Crippen molar-refractivity contribution in [3.05, 3.63) is 60.0 Å². The molecule has 1 heterocycles. The van der Waals surface area contributed by atoms with Crippen molar-refractivity contribution in [1.82, 2.24) is 20.8 Å². The third kappa shape index (κ3) is 5.06. The van der Waals surface area contributed by atoms with Gasteiger partial charge in [0, 0.05) is 17.6 Å². The number of halogens is 1. The van der Waals surface area contributed by atoms with E-state index in [2.05, 4.69) is 26.1 Å². The maximum atomic E-state index is 12.9. The summed E-state index contributed by atoms with van der Waals surface area (Å²) in [5.41, 5.74) is 2.20. The fraction of sp³-hybridized carbons (Fsp3) is 0.250. The maximum absolute atomic E-state index is 12.9. The summed E-state index contributed by atoms with van der Waals surface area (Å²) in [6, 6.07) is 10.2. The number of hydrogen-bond acceptors (Lipinski definition) is 3. The highest BCUT2D eigenvalue weighted by molar-refractivity contribution is 5.98. The number of H-pyrrole nitrogens is 1. The van der Waals surface area contributed by atoms with Crippen LogP contribution in [0.4, 0.5) is 14.9 Å². The van der Waals surface area contributed by atoms with Crippen molar-refractivity contribution in [2.75, 3.05) is 5.32 Å². The Morgan fingerprint density at radius 1 is 1.18 bits per heavy atom. The van der Waals surface area contributed by atoms with E-state index >= 15 is 0 Å². The standard InChI is InChI=1S/C20H22FN5O2/c1-2-3-17(25-20(28)22-11-13-4-7-15(21)8-5-13)19(27)24-16-9-6-14-12-23-26-18(14)10-16/h4-10,12,17H,2-3,11H2,1H3,(H,23,26)(H,24,27)(H2,22,25,28)/t17-/m0/s1. The van der Waals surface area contributed by atoms with Crippen molar-refractivity contribution < 1.29 is 14.0 Å². The van der Waals surface area contributed by atoms with Gasteiger partial charge < -0.3 is 16.0 Å². The molecule has 0 aliphatic heterocycles. The number of carbonyl (C=O) groups excluding carboxylic acids is 2. The Morgan fingerprint density at radius 2 is 1.96 bits per heavy atom. The largest absolute Gasteiger partial charge is 0.334 e. The first-order valence-electron chi connectivity index (χ1n) is 9.08. The van der Waals surface area contributed by atoms with Crippen LogP contribution < -0.4 is 16.0 Å². The van der Waals surface area contributed by atoms with E-state index in [1.54, 1.807) is 30.5 Å². The highest BCUT2D eigenvalue weighted by Crippen LogP contribution is 2.17. The predicted octanol–water partition coefficient (Wildman–Crippen LogP) is 3.31. The van der Waals surface area contributed by atoms with Gasteiger partial charge in [-0.2, -0.15) is 5.10 Å². The van der Waals surface area contributed by atoms with Gasteiger partial charge in [0.25, 0.3) is 0 Å². The summed E-state index contributed by atoms with van der Waals surface area (Å²) in [7, 11) is 0. The molecule has 0 bridgehead atoms. The molecule has 2 aromatic carbocycles. The molecule has 3 aromatic rings. The number of amides is 3. The average Bonchev–Trinajstić information content (AvgIpc) is 3.15. The van der Waals surface area contributed by atoms with E-state index in [0.29, 0.717) is 12.1 Å². The summed E-state index contributed by atoms with van der Waals surface area (Å²) in [4.78, 5) is 24.8. The third-order valence-corrected chi connectivity index (χ3v) is 4.27. The van der Waals surface area contributed by atoms with E-state index in [1.807, 2.05) is 13.0 Å². The Labute approximate surface area is 161 Å². The van der Waals surface area contributed by atoms with Gasteiger partial charge in [0.05, 0.1) is 11.7 Å². The number of nitrogens with zero attached hydrogens (tertiary/aromatic N) is 1. The van der Waals surface area contributed by atoms with Gasteiger partial charge in [0.2, 0.25) is 5.91 Å². The molecule has 7 nitrogen and oxygen atoms in total. The van der Waals surface area contributed by atoms with Crippen molar-refractivity contribution in [1.29, 1.82) is 0 Å². The number of urea groups is 1. The van der Waals surface area contributed by atoms with Gasteiger partial charge in [-0.3, -0.25) is 9.89 Å². The highest BCUT2D eigenvalue weighted by atomic mass is 19.1. The summed E-state index contributed by atoms with van der Waals surface area (Å²) in [6.45, 7) is 2.18.